The third-order valence-electron chi connectivity index (χ3n) is 2.71. The molecule has 19 heavy (non-hydrogen) atoms. The molecule has 1 aromatic heterocycles. The Morgan fingerprint density at radius 2 is 2.16 bits per heavy atom. The lowest BCUT2D eigenvalue weighted by Gasteiger charge is -2.12. The van der Waals surface area contributed by atoms with Gasteiger partial charge in [-0.2, -0.15) is 0 Å². The van der Waals surface area contributed by atoms with E-state index in [9.17, 15) is 4.79 Å². The molecule has 1 N–H and O–H groups in total. The Hall–Kier alpha value is -1.03. The van der Waals surface area contributed by atoms with Crippen LogP contribution in [-0.2, 0) is 11.2 Å². The largest absolute Gasteiger partial charge is 0.348 e. The van der Waals surface area contributed by atoms with E-state index in [0.29, 0.717) is 10.0 Å². The van der Waals surface area contributed by atoms with Crippen LogP contribution in [0.4, 0.5) is 0 Å². The summed E-state index contributed by atoms with van der Waals surface area (Å²) in [4.78, 5) is 13.1. The lowest BCUT2D eigenvalue weighted by Crippen LogP contribution is -2.27. The number of halogens is 2. The van der Waals surface area contributed by atoms with Crippen molar-refractivity contribution in [3.8, 4) is 0 Å². The van der Waals surface area contributed by atoms with Crippen LogP contribution >= 0.6 is 34.5 Å². The fraction of sp³-hybridized carbons (Fsp3) is 0.214. The maximum absolute atomic E-state index is 12.0. The zero-order chi connectivity index (χ0) is 13.8. The number of carbonyl (C=O) groups is 1. The van der Waals surface area contributed by atoms with Gasteiger partial charge in [-0.1, -0.05) is 35.3 Å². The first-order chi connectivity index (χ1) is 9.06. The Labute approximate surface area is 126 Å². The number of benzene rings is 1. The molecule has 100 valence electrons. The molecule has 0 bridgehead atoms. The molecule has 2 rings (SSSR count). The SMILES string of the molecule is C[C@H](NC(=O)Cc1ccc(Cl)cc1Cl)c1cccs1. The van der Waals surface area contributed by atoms with Crippen LogP contribution < -0.4 is 5.32 Å². The van der Waals surface area contributed by atoms with Crippen LogP contribution in [-0.4, -0.2) is 5.91 Å². The maximum atomic E-state index is 12.0. The second kappa shape index (κ2) is 6.42. The van der Waals surface area contributed by atoms with Gasteiger partial charge in [-0.3, -0.25) is 4.79 Å². The number of carbonyl (C=O) groups excluding carboxylic acids is 1. The molecule has 0 aliphatic carbocycles. The maximum Gasteiger partial charge on any atom is 0.224 e. The Balaban J connectivity index is 1.98. The van der Waals surface area contributed by atoms with E-state index in [-0.39, 0.29) is 18.4 Å². The highest BCUT2D eigenvalue weighted by atomic mass is 35.5. The van der Waals surface area contributed by atoms with Crippen molar-refractivity contribution in [3.05, 3.63) is 56.2 Å². The van der Waals surface area contributed by atoms with Crippen molar-refractivity contribution in [2.75, 3.05) is 0 Å². The smallest absolute Gasteiger partial charge is 0.224 e. The lowest BCUT2D eigenvalue weighted by atomic mass is 10.1. The van der Waals surface area contributed by atoms with Crippen LogP contribution in [0.2, 0.25) is 10.0 Å². The molecule has 0 aliphatic heterocycles. The molecule has 1 atom stereocenters. The van der Waals surface area contributed by atoms with Gasteiger partial charge in [0.2, 0.25) is 5.91 Å². The lowest BCUT2D eigenvalue weighted by molar-refractivity contribution is -0.121. The van der Waals surface area contributed by atoms with Crippen molar-refractivity contribution in [1.29, 1.82) is 0 Å². The summed E-state index contributed by atoms with van der Waals surface area (Å²) in [5.74, 6) is -0.0508. The fourth-order valence-electron chi connectivity index (χ4n) is 1.74. The number of rotatable bonds is 4. The van der Waals surface area contributed by atoms with Gasteiger partial charge in [0.25, 0.3) is 0 Å². The van der Waals surface area contributed by atoms with E-state index in [0.717, 1.165) is 10.4 Å². The normalized spacial score (nSPS) is 12.2. The molecule has 1 amide bonds. The first-order valence-corrected chi connectivity index (χ1v) is 7.46. The van der Waals surface area contributed by atoms with Gasteiger partial charge in [-0.15, -0.1) is 11.3 Å². The Bertz CT molecular complexity index is 569. The predicted molar refractivity (Wildman–Crippen MR) is 81.0 cm³/mol. The Morgan fingerprint density at radius 3 is 2.79 bits per heavy atom. The molecule has 0 radical (unpaired) electrons. The first-order valence-electron chi connectivity index (χ1n) is 5.83. The predicted octanol–water partition coefficient (Wildman–Crippen LogP) is 4.47. The van der Waals surface area contributed by atoms with Crippen LogP contribution in [0.3, 0.4) is 0 Å². The summed E-state index contributed by atoms with van der Waals surface area (Å²) in [6.45, 7) is 1.97. The molecule has 0 unspecified atom stereocenters. The molecular weight excluding hydrogens is 301 g/mol. The number of hydrogen-bond acceptors (Lipinski definition) is 2. The zero-order valence-corrected chi connectivity index (χ0v) is 12.6. The summed E-state index contributed by atoms with van der Waals surface area (Å²) in [5.41, 5.74) is 0.780. The standard InChI is InChI=1S/C14H13Cl2NOS/c1-9(13-3-2-6-19-13)17-14(18)7-10-4-5-11(15)8-12(10)16/h2-6,8-9H,7H2,1H3,(H,17,18)/t9-/m0/s1. The van der Waals surface area contributed by atoms with Gasteiger partial charge >= 0.3 is 0 Å². The highest BCUT2D eigenvalue weighted by molar-refractivity contribution is 7.10. The van der Waals surface area contributed by atoms with Crippen molar-refractivity contribution in [2.45, 2.75) is 19.4 Å². The third-order valence-corrected chi connectivity index (χ3v) is 4.36. The summed E-state index contributed by atoms with van der Waals surface area (Å²) in [5, 5.41) is 6.04. The molecule has 1 aromatic carbocycles. The highest BCUT2D eigenvalue weighted by Gasteiger charge is 2.12. The van der Waals surface area contributed by atoms with E-state index in [1.54, 1.807) is 29.5 Å². The van der Waals surface area contributed by atoms with Crippen molar-refractivity contribution in [2.24, 2.45) is 0 Å². The average Bonchev–Trinajstić information content (AvgIpc) is 2.86. The van der Waals surface area contributed by atoms with Crippen LogP contribution in [0, 0.1) is 0 Å². The minimum absolute atomic E-state index is 0.0126. The summed E-state index contributed by atoms with van der Waals surface area (Å²) in [6, 6.07) is 9.15. The van der Waals surface area contributed by atoms with E-state index < -0.39 is 0 Å². The minimum Gasteiger partial charge on any atom is -0.348 e. The molecule has 0 saturated heterocycles. The average molecular weight is 314 g/mol. The molecule has 0 spiro atoms. The summed E-state index contributed by atoms with van der Waals surface area (Å²) in [7, 11) is 0. The van der Waals surface area contributed by atoms with Crippen molar-refractivity contribution in [1.82, 2.24) is 5.32 Å². The van der Waals surface area contributed by atoms with Crippen LogP contribution in [0.25, 0.3) is 0 Å². The van der Waals surface area contributed by atoms with Crippen LogP contribution in [0.15, 0.2) is 35.7 Å². The first kappa shape index (κ1) is 14.4. The van der Waals surface area contributed by atoms with Gasteiger partial charge < -0.3 is 5.32 Å². The molecular formula is C14H13Cl2NOS. The van der Waals surface area contributed by atoms with Crippen molar-refractivity contribution < 1.29 is 4.79 Å². The van der Waals surface area contributed by atoms with E-state index in [1.165, 1.54) is 0 Å². The van der Waals surface area contributed by atoms with Gasteiger partial charge in [0.05, 0.1) is 12.5 Å². The van der Waals surface area contributed by atoms with E-state index in [2.05, 4.69) is 5.32 Å². The summed E-state index contributed by atoms with van der Waals surface area (Å²) in [6.07, 6.45) is 0.256. The topological polar surface area (TPSA) is 29.1 Å². The quantitative estimate of drug-likeness (QED) is 0.886. The highest BCUT2D eigenvalue weighted by Crippen LogP contribution is 2.22. The van der Waals surface area contributed by atoms with E-state index in [1.807, 2.05) is 24.4 Å². The molecule has 1 heterocycles. The number of nitrogens with one attached hydrogen (secondary N) is 1. The molecule has 0 saturated carbocycles. The van der Waals surface area contributed by atoms with Gasteiger partial charge in [0, 0.05) is 14.9 Å². The fourth-order valence-corrected chi connectivity index (χ4v) is 2.95. The van der Waals surface area contributed by atoms with Gasteiger partial charge in [0.1, 0.15) is 0 Å². The Kier molecular flexibility index (Phi) is 4.86. The van der Waals surface area contributed by atoms with Gasteiger partial charge in [0.15, 0.2) is 0 Å². The Morgan fingerprint density at radius 1 is 1.37 bits per heavy atom. The van der Waals surface area contributed by atoms with Crippen molar-refractivity contribution in [3.63, 3.8) is 0 Å². The van der Waals surface area contributed by atoms with E-state index in [4.69, 9.17) is 23.2 Å². The molecule has 0 fully saturated rings. The van der Waals surface area contributed by atoms with Crippen LogP contribution in [0.1, 0.15) is 23.4 Å². The third kappa shape index (κ3) is 3.96. The second-order valence-electron chi connectivity index (χ2n) is 4.22. The van der Waals surface area contributed by atoms with Crippen molar-refractivity contribution >= 4 is 40.4 Å². The number of hydrogen-bond donors (Lipinski definition) is 1. The molecule has 5 heteroatoms. The number of thiophene rings is 1. The molecule has 2 nitrogen and oxygen atoms in total. The van der Waals surface area contributed by atoms with Crippen LogP contribution in [0.5, 0.6) is 0 Å². The summed E-state index contributed by atoms with van der Waals surface area (Å²) < 4.78 is 0. The minimum atomic E-state index is -0.0508. The number of amides is 1. The van der Waals surface area contributed by atoms with E-state index >= 15 is 0 Å². The van der Waals surface area contributed by atoms with Gasteiger partial charge in [-0.25, -0.2) is 0 Å². The molecule has 2 aromatic rings. The zero-order valence-electron chi connectivity index (χ0n) is 10.3. The summed E-state index contributed by atoms with van der Waals surface area (Å²) >= 11 is 13.5. The second-order valence-corrected chi connectivity index (χ2v) is 6.04. The van der Waals surface area contributed by atoms with Gasteiger partial charge in [-0.05, 0) is 36.1 Å². The monoisotopic (exact) mass is 313 g/mol. The molecule has 0 aliphatic rings.